The van der Waals surface area contributed by atoms with Gasteiger partial charge in [0.2, 0.25) is 5.91 Å². The molecule has 0 bridgehead atoms. The van der Waals surface area contributed by atoms with Gasteiger partial charge in [0.1, 0.15) is 11.8 Å². The summed E-state index contributed by atoms with van der Waals surface area (Å²) in [5, 5.41) is 2.46. The molecule has 1 aliphatic heterocycles. The van der Waals surface area contributed by atoms with Crippen molar-refractivity contribution < 1.29 is 19.1 Å². The quantitative estimate of drug-likeness (QED) is 0.502. The largest absolute Gasteiger partial charge is 0.464 e. The Morgan fingerprint density at radius 3 is 2.79 bits per heavy atom. The number of Topliss-reactive ketones (excluding diaryl/α,β-unsaturated/α-hetero) is 1. The van der Waals surface area contributed by atoms with Crippen molar-refractivity contribution in [3.63, 3.8) is 0 Å². The predicted molar refractivity (Wildman–Crippen MR) is 47.4 cm³/mol. The molecule has 1 aliphatic rings. The molecule has 1 saturated heterocycles. The van der Waals surface area contributed by atoms with Crippen molar-refractivity contribution in [1.82, 2.24) is 5.32 Å². The van der Waals surface area contributed by atoms with Crippen molar-refractivity contribution in [2.75, 3.05) is 6.61 Å². The van der Waals surface area contributed by atoms with E-state index in [-0.39, 0.29) is 12.2 Å². The average Bonchev–Trinajstić information content (AvgIpc) is 2.51. The first-order chi connectivity index (χ1) is 6.63. The van der Waals surface area contributed by atoms with E-state index in [2.05, 4.69) is 10.1 Å². The maximum atomic E-state index is 11.2. The van der Waals surface area contributed by atoms with Crippen LogP contribution in [0.1, 0.15) is 26.2 Å². The summed E-state index contributed by atoms with van der Waals surface area (Å²) in [6.45, 7) is 2.03. The summed E-state index contributed by atoms with van der Waals surface area (Å²) < 4.78 is 4.66. The molecule has 1 atom stereocenters. The summed E-state index contributed by atoms with van der Waals surface area (Å²) in [7, 11) is 0. The summed E-state index contributed by atoms with van der Waals surface area (Å²) in [6.07, 6.45) is 0.674. The Morgan fingerprint density at radius 2 is 2.29 bits per heavy atom. The highest BCUT2D eigenvalue weighted by Crippen LogP contribution is 2.05. The summed E-state index contributed by atoms with van der Waals surface area (Å²) in [6, 6.07) is -0.563. The molecule has 5 heteroatoms. The molecular formula is C9H13NO4. The molecule has 0 radical (unpaired) electrons. The lowest BCUT2D eigenvalue weighted by Gasteiger charge is -2.07. The van der Waals surface area contributed by atoms with E-state index in [1.54, 1.807) is 6.92 Å². The first kappa shape index (κ1) is 10.7. The molecule has 0 aromatic rings. The molecular weight excluding hydrogens is 186 g/mol. The standard InChI is InChI=1S/C9H13NO4/c1-2-6(11)5-8(12)10-7-3-4-14-9(7)13/h7H,2-5H2,1H3,(H,10,12). The lowest BCUT2D eigenvalue weighted by Crippen LogP contribution is -2.38. The zero-order chi connectivity index (χ0) is 10.6. The van der Waals surface area contributed by atoms with Crippen LogP contribution in [0.5, 0.6) is 0 Å². The Labute approximate surface area is 81.8 Å². The van der Waals surface area contributed by atoms with Crippen molar-refractivity contribution in [3.8, 4) is 0 Å². The minimum Gasteiger partial charge on any atom is -0.464 e. The number of esters is 1. The van der Waals surface area contributed by atoms with Gasteiger partial charge in [0.05, 0.1) is 13.0 Å². The summed E-state index contributed by atoms with van der Waals surface area (Å²) in [4.78, 5) is 33.0. The number of rotatable bonds is 4. The first-order valence-corrected chi connectivity index (χ1v) is 4.61. The predicted octanol–water partition coefficient (Wildman–Crippen LogP) is -0.213. The SMILES string of the molecule is CCC(=O)CC(=O)NC1CCOC1=O. The lowest BCUT2D eigenvalue weighted by molar-refractivity contribution is -0.142. The second kappa shape index (κ2) is 4.74. The van der Waals surface area contributed by atoms with Gasteiger partial charge in [0, 0.05) is 12.8 Å². The number of hydrogen-bond donors (Lipinski definition) is 1. The molecule has 1 N–H and O–H groups in total. The number of amides is 1. The molecule has 1 heterocycles. The fraction of sp³-hybridized carbons (Fsp3) is 0.667. The van der Waals surface area contributed by atoms with Crippen molar-refractivity contribution in [3.05, 3.63) is 0 Å². The van der Waals surface area contributed by atoms with E-state index >= 15 is 0 Å². The number of hydrogen-bond acceptors (Lipinski definition) is 4. The van der Waals surface area contributed by atoms with Crippen LogP contribution in [-0.4, -0.2) is 30.3 Å². The van der Waals surface area contributed by atoms with Crippen LogP contribution in [0.3, 0.4) is 0 Å². The molecule has 0 aromatic carbocycles. The number of cyclic esters (lactones) is 1. The van der Waals surface area contributed by atoms with Gasteiger partial charge in [-0.15, -0.1) is 0 Å². The molecule has 14 heavy (non-hydrogen) atoms. The van der Waals surface area contributed by atoms with E-state index in [4.69, 9.17) is 0 Å². The minimum absolute atomic E-state index is 0.131. The third-order valence-electron chi connectivity index (χ3n) is 2.02. The fourth-order valence-corrected chi connectivity index (χ4v) is 1.18. The number of nitrogens with one attached hydrogen (secondary N) is 1. The second-order valence-corrected chi connectivity index (χ2v) is 3.15. The molecule has 0 spiro atoms. The highest BCUT2D eigenvalue weighted by Gasteiger charge is 2.27. The summed E-state index contributed by atoms with van der Waals surface area (Å²) in [5.41, 5.74) is 0. The van der Waals surface area contributed by atoms with E-state index in [9.17, 15) is 14.4 Å². The molecule has 1 unspecified atom stereocenters. The molecule has 1 rings (SSSR count). The van der Waals surface area contributed by atoms with Gasteiger partial charge in [0.25, 0.3) is 0 Å². The van der Waals surface area contributed by atoms with Crippen molar-refractivity contribution in [1.29, 1.82) is 0 Å². The van der Waals surface area contributed by atoms with E-state index in [0.29, 0.717) is 19.4 Å². The number of ketones is 1. The van der Waals surface area contributed by atoms with Gasteiger partial charge in [-0.1, -0.05) is 6.92 Å². The zero-order valence-corrected chi connectivity index (χ0v) is 8.04. The van der Waals surface area contributed by atoms with Crippen LogP contribution in [0.15, 0.2) is 0 Å². The highest BCUT2D eigenvalue weighted by molar-refractivity contribution is 5.99. The second-order valence-electron chi connectivity index (χ2n) is 3.15. The average molecular weight is 199 g/mol. The zero-order valence-electron chi connectivity index (χ0n) is 8.04. The molecule has 0 aliphatic carbocycles. The maximum absolute atomic E-state index is 11.2. The van der Waals surface area contributed by atoms with Gasteiger partial charge in [-0.25, -0.2) is 4.79 Å². The molecule has 0 saturated carbocycles. The van der Waals surface area contributed by atoms with Crippen LogP contribution in [0.25, 0.3) is 0 Å². The van der Waals surface area contributed by atoms with Crippen LogP contribution in [0, 0.1) is 0 Å². The summed E-state index contributed by atoms with van der Waals surface area (Å²) >= 11 is 0. The smallest absolute Gasteiger partial charge is 0.328 e. The maximum Gasteiger partial charge on any atom is 0.328 e. The lowest BCUT2D eigenvalue weighted by atomic mass is 10.2. The van der Waals surface area contributed by atoms with Crippen LogP contribution < -0.4 is 5.32 Å². The third kappa shape index (κ3) is 2.83. The van der Waals surface area contributed by atoms with Gasteiger partial charge >= 0.3 is 5.97 Å². The molecule has 1 fully saturated rings. The number of ether oxygens (including phenoxy) is 1. The molecule has 1 amide bonds. The topological polar surface area (TPSA) is 72.5 Å². The Hall–Kier alpha value is -1.39. The Kier molecular flexibility index (Phi) is 3.62. The normalized spacial score (nSPS) is 20.4. The Bertz CT molecular complexity index is 262. The van der Waals surface area contributed by atoms with E-state index < -0.39 is 17.9 Å². The van der Waals surface area contributed by atoms with Gasteiger partial charge in [-0.3, -0.25) is 9.59 Å². The van der Waals surface area contributed by atoms with Crippen molar-refractivity contribution >= 4 is 17.7 Å². The number of carbonyl (C=O) groups excluding carboxylic acids is 3. The van der Waals surface area contributed by atoms with Crippen LogP contribution in [-0.2, 0) is 19.1 Å². The van der Waals surface area contributed by atoms with E-state index in [1.807, 2.05) is 0 Å². The molecule has 78 valence electrons. The molecule has 0 aromatic heterocycles. The minimum atomic E-state index is -0.563. The van der Waals surface area contributed by atoms with E-state index in [1.165, 1.54) is 0 Å². The third-order valence-corrected chi connectivity index (χ3v) is 2.02. The van der Waals surface area contributed by atoms with Gasteiger partial charge in [-0.2, -0.15) is 0 Å². The van der Waals surface area contributed by atoms with Crippen molar-refractivity contribution in [2.24, 2.45) is 0 Å². The molecule has 5 nitrogen and oxygen atoms in total. The van der Waals surface area contributed by atoms with Crippen molar-refractivity contribution in [2.45, 2.75) is 32.2 Å². The van der Waals surface area contributed by atoms with Crippen LogP contribution in [0.2, 0.25) is 0 Å². The number of carbonyl (C=O) groups is 3. The monoisotopic (exact) mass is 199 g/mol. The fourth-order valence-electron chi connectivity index (χ4n) is 1.18. The highest BCUT2D eigenvalue weighted by atomic mass is 16.5. The van der Waals surface area contributed by atoms with Crippen LogP contribution >= 0.6 is 0 Å². The van der Waals surface area contributed by atoms with E-state index in [0.717, 1.165) is 0 Å². The first-order valence-electron chi connectivity index (χ1n) is 4.61. The van der Waals surface area contributed by atoms with Gasteiger partial charge in [0.15, 0.2) is 0 Å². The Morgan fingerprint density at radius 1 is 1.57 bits per heavy atom. The summed E-state index contributed by atoms with van der Waals surface area (Å²) in [5.74, 6) is -0.947. The van der Waals surface area contributed by atoms with Gasteiger partial charge in [-0.05, 0) is 0 Å². The van der Waals surface area contributed by atoms with Gasteiger partial charge < -0.3 is 10.1 Å². The van der Waals surface area contributed by atoms with Crippen LogP contribution in [0.4, 0.5) is 0 Å². The Balaban J connectivity index is 2.33.